The molecule has 17 heavy (non-hydrogen) atoms. The van der Waals surface area contributed by atoms with Gasteiger partial charge in [0.2, 0.25) is 0 Å². The molecule has 1 aliphatic rings. The molecule has 0 radical (unpaired) electrons. The highest BCUT2D eigenvalue weighted by Crippen LogP contribution is 2.25. The molecule has 1 aromatic rings. The number of hydrogen-bond donors (Lipinski definition) is 1. The van der Waals surface area contributed by atoms with Crippen molar-refractivity contribution in [1.82, 2.24) is 5.32 Å². The molecule has 1 atom stereocenters. The predicted molar refractivity (Wildman–Crippen MR) is 63.6 cm³/mol. The van der Waals surface area contributed by atoms with E-state index in [0.717, 1.165) is 25.0 Å². The summed E-state index contributed by atoms with van der Waals surface area (Å²) in [5.74, 6) is 0.0562. The number of halogens is 1. The van der Waals surface area contributed by atoms with Gasteiger partial charge in [0.25, 0.3) is 0 Å². The number of para-hydroxylation sites is 1. The summed E-state index contributed by atoms with van der Waals surface area (Å²) in [5.41, 5.74) is 0.845. The van der Waals surface area contributed by atoms with E-state index in [4.69, 9.17) is 9.47 Å². The summed E-state index contributed by atoms with van der Waals surface area (Å²) in [7, 11) is 1.83. The summed E-state index contributed by atoms with van der Waals surface area (Å²) in [4.78, 5) is 0. The summed E-state index contributed by atoms with van der Waals surface area (Å²) < 4.78 is 24.8. The Bertz CT molecular complexity index is 364. The lowest BCUT2D eigenvalue weighted by Crippen LogP contribution is -2.29. The lowest BCUT2D eigenvalue weighted by molar-refractivity contribution is 0.00543. The van der Waals surface area contributed by atoms with E-state index in [-0.39, 0.29) is 11.9 Å². The van der Waals surface area contributed by atoms with Crippen molar-refractivity contribution in [2.75, 3.05) is 20.3 Å². The zero-order valence-electron chi connectivity index (χ0n) is 10.0. The Labute approximate surface area is 101 Å². The van der Waals surface area contributed by atoms with Gasteiger partial charge >= 0.3 is 0 Å². The Morgan fingerprint density at radius 2 is 2.41 bits per heavy atom. The van der Waals surface area contributed by atoms with Crippen LogP contribution in [0.1, 0.15) is 18.4 Å². The Hall–Kier alpha value is -1.13. The number of rotatable bonds is 4. The fourth-order valence-corrected chi connectivity index (χ4v) is 1.99. The van der Waals surface area contributed by atoms with Crippen molar-refractivity contribution >= 4 is 0 Å². The minimum absolute atomic E-state index is 0.0312. The van der Waals surface area contributed by atoms with Crippen molar-refractivity contribution in [3.8, 4) is 5.75 Å². The van der Waals surface area contributed by atoms with Crippen LogP contribution >= 0.6 is 0 Å². The van der Waals surface area contributed by atoms with E-state index in [9.17, 15) is 4.39 Å². The molecule has 0 spiro atoms. The normalized spacial score (nSPS) is 20.2. The number of benzene rings is 1. The van der Waals surface area contributed by atoms with E-state index < -0.39 is 0 Å². The van der Waals surface area contributed by atoms with E-state index in [0.29, 0.717) is 18.9 Å². The zero-order valence-corrected chi connectivity index (χ0v) is 10.0. The molecular weight excluding hydrogens is 221 g/mol. The second-order valence-electron chi connectivity index (χ2n) is 4.22. The first-order chi connectivity index (χ1) is 8.31. The average molecular weight is 239 g/mol. The van der Waals surface area contributed by atoms with Gasteiger partial charge in [-0.25, -0.2) is 4.39 Å². The van der Waals surface area contributed by atoms with Gasteiger partial charge in [-0.1, -0.05) is 12.1 Å². The second-order valence-corrected chi connectivity index (χ2v) is 4.22. The van der Waals surface area contributed by atoms with Crippen LogP contribution in [-0.2, 0) is 11.3 Å². The maximum Gasteiger partial charge on any atom is 0.165 e. The largest absolute Gasteiger partial charge is 0.485 e. The quantitative estimate of drug-likeness (QED) is 0.873. The molecule has 4 heteroatoms. The minimum atomic E-state index is -0.302. The Balaban J connectivity index is 2.12. The van der Waals surface area contributed by atoms with Crippen LogP contribution in [0.4, 0.5) is 4.39 Å². The lowest BCUT2D eigenvalue weighted by atomic mass is 10.1. The minimum Gasteiger partial charge on any atom is -0.485 e. The third-order valence-electron chi connectivity index (χ3n) is 2.82. The topological polar surface area (TPSA) is 30.5 Å². The molecule has 1 heterocycles. The summed E-state index contributed by atoms with van der Waals surface area (Å²) in [5, 5.41) is 3.01. The highest BCUT2D eigenvalue weighted by Gasteiger charge is 2.19. The van der Waals surface area contributed by atoms with Crippen LogP contribution in [0.15, 0.2) is 18.2 Å². The van der Waals surface area contributed by atoms with Gasteiger partial charge in [0.15, 0.2) is 11.6 Å². The molecule has 1 unspecified atom stereocenters. The van der Waals surface area contributed by atoms with E-state index in [1.807, 2.05) is 13.1 Å². The highest BCUT2D eigenvalue weighted by molar-refractivity contribution is 5.35. The first-order valence-corrected chi connectivity index (χ1v) is 5.97. The molecule has 1 aromatic carbocycles. The zero-order chi connectivity index (χ0) is 12.1. The Kier molecular flexibility index (Phi) is 4.34. The molecule has 0 amide bonds. The van der Waals surface area contributed by atoms with Crippen LogP contribution in [0.25, 0.3) is 0 Å². The third-order valence-corrected chi connectivity index (χ3v) is 2.82. The molecule has 0 aromatic heterocycles. The lowest BCUT2D eigenvalue weighted by Gasteiger charge is -2.24. The number of nitrogens with one attached hydrogen (secondary N) is 1. The van der Waals surface area contributed by atoms with E-state index in [2.05, 4.69) is 5.32 Å². The van der Waals surface area contributed by atoms with Crippen molar-refractivity contribution < 1.29 is 13.9 Å². The summed E-state index contributed by atoms with van der Waals surface area (Å²) in [6, 6.07) is 5.00. The van der Waals surface area contributed by atoms with Gasteiger partial charge in [0, 0.05) is 18.7 Å². The molecule has 3 nitrogen and oxygen atoms in total. The monoisotopic (exact) mass is 239 g/mol. The van der Waals surface area contributed by atoms with Crippen LogP contribution in [0.3, 0.4) is 0 Å². The predicted octanol–water partition coefficient (Wildman–Crippen LogP) is 2.10. The fourth-order valence-electron chi connectivity index (χ4n) is 1.99. The fraction of sp³-hybridized carbons (Fsp3) is 0.538. The van der Waals surface area contributed by atoms with Crippen molar-refractivity contribution in [1.29, 1.82) is 0 Å². The van der Waals surface area contributed by atoms with Crippen molar-refractivity contribution in [3.63, 3.8) is 0 Å². The molecule has 0 bridgehead atoms. The first-order valence-electron chi connectivity index (χ1n) is 5.97. The van der Waals surface area contributed by atoms with Gasteiger partial charge in [-0.05, 0) is 26.0 Å². The maximum atomic E-state index is 13.7. The Morgan fingerprint density at radius 1 is 1.53 bits per heavy atom. The standard InChI is InChI=1S/C13H18FNO2/c1-15-8-10-4-2-6-12(14)13(10)17-11-5-3-7-16-9-11/h2,4,6,11,15H,3,5,7-9H2,1H3. The van der Waals surface area contributed by atoms with Crippen LogP contribution in [0, 0.1) is 5.82 Å². The third kappa shape index (κ3) is 3.17. The number of hydrogen-bond acceptors (Lipinski definition) is 3. The first kappa shape index (κ1) is 12.3. The molecular formula is C13H18FNO2. The molecule has 1 N–H and O–H groups in total. The van der Waals surface area contributed by atoms with Crippen molar-refractivity contribution in [2.45, 2.75) is 25.5 Å². The van der Waals surface area contributed by atoms with Gasteiger partial charge in [-0.2, -0.15) is 0 Å². The average Bonchev–Trinajstić information content (AvgIpc) is 2.35. The highest BCUT2D eigenvalue weighted by atomic mass is 19.1. The van der Waals surface area contributed by atoms with Crippen LogP contribution in [0.2, 0.25) is 0 Å². The molecule has 1 aliphatic heterocycles. The molecule has 0 aliphatic carbocycles. The molecule has 1 fully saturated rings. The summed E-state index contributed by atoms with van der Waals surface area (Å²) in [6.45, 7) is 1.93. The summed E-state index contributed by atoms with van der Waals surface area (Å²) >= 11 is 0. The maximum absolute atomic E-state index is 13.7. The number of ether oxygens (including phenoxy) is 2. The van der Waals surface area contributed by atoms with Crippen LogP contribution in [-0.4, -0.2) is 26.4 Å². The smallest absolute Gasteiger partial charge is 0.165 e. The Morgan fingerprint density at radius 3 is 3.12 bits per heavy atom. The SMILES string of the molecule is CNCc1cccc(F)c1OC1CCCOC1. The van der Waals surface area contributed by atoms with Gasteiger partial charge in [-0.3, -0.25) is 0 Å². The molecule has 1 saturated heterocycles. The van der Waals surface area contributed by atoms with Crippen LogP contribution in [0.5, 0.6) is 5.75 Å². The molecule has 0 saturated carbocycles. The van der Waals surface area contributed by atoms with E-state index in [1.54, 1.807) is 6.07 Å². The van der Waals surface area contributed by atoms with Gasteiger partial charge in [0.1, 0.15) is 6.10 Å². The van der Waals surface area contributed by atoms with E-state index >= 15 is 0 Å². The van der Waals surface area contributed by atoms with Gasteiger partial charge < -0.3 is 14.8 Å². The van der Waals surface area contributed by atoms with Gasteiger partial charge in [0.05, 0.1) is 6.61 Å². The van der Waals surface area contributed by atoms with Gasteiger partial charge in [-0.15, -0.1) is 0 Å². The molecule has 94 valence electrons. The summed E-state index contributed by atoms with van der Waals surface area (Å²) in [6.07, 6.45) is 1.87. The van der Waals surface area contributed by atoms with Crippen molar-refractivity contribution in [3.05, 3.63) is 29.6 Å². The van der Waals surface area contributed by atoms with Crippen LogP contribution < -0.4 is 10.1 Å². The second kappa shape index (κ2) is 5.98. The van der Waals surface area contributed by atoms with Crippen molar-refractivity contribution in [2.24, 2.45) is 0 Å². The molecule has 2 rings (SSSR count). The van der Waals surface area contributed by atoms with E-state index in [1.165, 1.54) is 6.07 Å².